The number of carbonyl (C=O) groups is 1. The van der Waals surface area contributed by atoms with Crippen molar-refractivity contribution in [1.29, 1.82) is 0 Å². The van der Waals surface area contributed by atoms with Gasteiger partial charge in [0.05, 0.1) is 22.3 Å². The molecule has 1 aromatic carbocycles. The van der Waals surface area contributed by atoms with Crippen LogP contribution in [0.15, 0.2) is 39.9 Å². The predicted octanol–water partition coefficient (Wildman–Crippen LogP) is 3.00. The molecule has 1 N–H and O–H groups in total. The second kappa shape index (κ2) is 8.24. The molecule has 1 aliphatic heterocycles. The van der Waals surface area contributed by atoms with E-state index in [4.69, 9.17) is 23.2 Å². The van der Waals surface area contributed by atoms with E-state index in [0.29, 0.717) is 46.1 Å². The van der Waals surface area contributed by atoms with E-state index in [0.717, 1.165) is 0 Å². The molecule has 1 aliphatic rings. The van der Waals surface area contributed by atoms with Crippen LogP contribution in [0.5, 0.6) is 0 Å². The molecule has 0 unspecified atom stereocenters. The highest BCUT2D eigenvalue weighted by molar-refractivity contribution is 7.91. The Morgan fingerprint density at radius 3 is 2.31 bits per heavy atom. The summed E-state index contributed by atoms with van der Waals surface area (Å²) in [6.07, 6.45) is 0. The van der Waals surface area contributed by atoms with Gasteiger partial charge in [0.1, 0.15) is 4.21 Å². The average Bonchev–Trinajstić information content (AvgIpc) is 3.14. The number of nitrogens with one attached hydrogen (secondary N) is 1. The summed E-state index contributed by atoms with van der Waals surface area (Å²) < 4.78 is 26.8. The lowest BCUT2D eigenvalue weighted by Crippen LogP contribution is -2.50. The second-order valence-electron chi connectivity index (χ2n) is 5.76. The Balaban J connectivity index is 1.55. The number of amides is 1. The number of carbonyl (C=O) groups excluding carboxylic acids is 1. The van der Waals surface area contributed by atoms with Crippen LogP contribution in [0, 0.1) is 0 Å². The van der Waals surface area contributed by atoms with Gasteiger partial charge in [-0.05, 0) is 23.6 Å². The topological polar surface area (TPSA) is 69.7 Å². The van der Waals surface area contributed by atoms with Crippen LogP contribution >= 0.6 is 34.5 Å². The van der Waals surface area contributed by atoms with Crippen LogP contribution in [0.4, 0.5) is 5.69 Å². The van der Waals surface area contributed by atoms with Crippen molar-refractivity contribution in [1.82, 2.24) is 9.21 Å². The minimum atomic E-state index is -3.44. The predicted molar refractivity (Wildman–Crippen MR) is 105 cm³/mol. The molecule has 2 heterocycles. The molecule has 0 saturated carbocycles. The van der Waals surface area contributed by atoms with Gasteiger partial charge in [0.2, 0.25) is 5.91 Å². The minimum absolute atomic E-state index is 0.147. The van der Waals surface area contributed by atoms with Crippen LogP contribution in [-0.2, 0) is 14.8 Å². The SMILES string of the molecule is O=C(CN1CCN(S(=O)(=O)c2cccs2)CC1)Nc1c(Cl)cccc1Cl. The maximum Gasteiger partial charge on any atom is 0.252 e. The Morgan fingerprint density at radius 2 is 1.73 bits per heavy atom. The first kappa shape index (κ1) is 19.6. The van der Waals surface area contributed by atoms with E-state index < -0.39 is 10.0 Å². The maximum absolute atomic E-state index is 12.5. The minimum Gasteiger partial charge on any atom is -0.322 e. The van der Waals surface area contributed by atoms with E-state index in [1.807, 2.05) is 4.90 Å². The summed E-state index contributed by atoms with van der Waals surface area (Å²) >= 11 is 13.3. The number of hydrogen-bond acceptors (Lipinski definition) is 5. The number of piperazine rings is 1. The Hall–Kier alpha value is -1.16. The van der Waals surface area contributed by atoms with Gasteiger partial charge in [0.15, 0.2) is 0 Å². The van der Waals surface area contributed by atoms with Crippen molar-refractivity contribution in [2.24, 2.45) is 0 Å². The zero-order chi connectivity index (χ0) is 18.7. The lowest BCUT2D eigenvalue weighted by Gasteiger charge is -2.33. The van der Waals surface area contributed by atoms with Crippen molar-refractivity contribution in [3.05, 3.63) is 45.8 Å². The smallest absolute Gasteiger partial charge is 0.252 e. The molecule has 0 bridgehead atoms. The monoisotopic (exact) mass is 433 g/mol. The van der Waals surface area contributed by atoms with Gasteiger partial charge in [-0.3, -0.25) is 9.69 Å². The molecule has 0 spiro atoms. The van der Waals surface area contributed by atoms with Gasteiger partial charge in [-0.25, -0.2) is 8.42 Å². The van der Waals surface area contributed by atoms with Crippen LogP contribution < -0.4 is 5.32 Å². The fourth-order valence-electron chi connectivity index (χ4n) is 2.66. The van der Waals surface area contributed by atoms with E-state index >= 15 is 0 Å². The van der Waals surface area contributed by atoms with Gasteiger partial charge < -0.3 is 5.32 Å². The summed E-state index contributed by atoms with van der Waals surface area (Å²) in [5.41, 5.74) is 0.389. The Labute approximate surface area is 166 Å². The number of benzene rings is 1. The summed E-state index contributed by atoms with van der Waals surface area (Å²) in [4.78, 5) is 14.2. The molecule has 1 aromatic heterocycles. The lowest BCUT2D eigenvalue weighted by atomic mass is 10.3. The lowest BCUT2D eigenvalue weighted by molar-refractivity contribution is -0.117. The van der Waals surface area contributed by atoms with Gasteiger partial charge in [0, 0.05) is 26.2 Å². The number of hydrogen-bond donors (Lipinski definition) is 1. The molecule has 3 rings (SSSR count). The number of thiophene rings is 1. The number of halogens is 2. The van der Waals surface area contributed by atoms with Crippen LogP contribution in [0.2, 0.25) is 10.0 Å². The van der Waals surface area contributed by atoms with Gasteiger partial charge in [-0.15, -0.1) is 11.3 Å². The largest absolute Gasteiger partial charge is 0.322 e. The van der Waals surface area contributed by atoms with Gasteiger partial charge in [0.25, 0.3) is 10.0 Å². The molecule has 26 heavy (non-hydrogen) atoms. The zero-order valence-corrected chi connectivity index (χ0v) is 16.8. The van der Waals surface area contributed by atoms with E-state index in [1.54, 1.807) is 35.7 Å². The molecule has 2 aromatic rings. The molecule has 0 aliphatic carbocycles. The van der Waals surface area contributed by atoms with Crippen molar-refractivity contribution in [3.63, 3.8) is 0 Å². The number of sulfonamides is 1. The van der Waals surface area contributed by atoms with Crippen molar-refractivity contribution >= 4 is 56.2 Å². The summed E-state index contributed by atoms with van der Waals surface area (Å²) in [6, 6.07) is 8.33. The van der Waals surface area contributed by atoms with E-state index in [-0.39, 0.29) is 12.5 Å². The fraction of sp³-hybridized carbons (Fsp3) is 0.312. The molecular weight excluding hydrogens is 417 g/mol. The molecule has 140 valence electrons. The highest BCUT2D eigenvalue weighted by Gasteiger charge is 2.29. The van der Waals surface area contributed by atoms with E-state index in [1.165, 1.54) is 15.6 Å². The van der Waals surface area contributed by atoms with Crippen molar-refractivity contribution < 1.29 is 13.2 Å². The summed E-state index contributed by atoms with van der Waals surface area (Å²) in [6.45, 7) is 1.80. The van der Waals surface area contributed by atoms with Crippen LogP contribution in [0.25, 0.3) is 0 Å². The third-order valence-corrected chi connectivity index (χ3v) is 7.92. The summed E-state index contributed by atoms with van der Waals surface area (Å²) in [5, 5.41) is 5.20. The first-order valence-electron chi connectivity index (χ1n) is 7.88. The quantitative estimate of drug-likeness (QED) is 0.786. The summed E-state index contributed by atoms with van der Waals surface area (Å²) in [7, 11) is -3.44. The zero-order valence-electron chi connectivity index (χ0n) is 13.7. The van der Waals surface area contributed by atoms with Gasteiger partial charge >= 0.3 is 0 Å². The number of rotatable bonds is 5. The van der Waals surface area contributed by atoms with Crippen molar-refractivity contribution in [2.45, 2.75) is 4.21 Å². The first-order chi connectivity index (χ1) is 12.4. The third kappa shape index (κ3) is 4.39. The first-order valence-corrected chi connectivity index (χ1v) is 11.0. The highest BCUT2D eigenvalue weighted by atomic mass is 35.5. The molecule has 1 saturated heterocycles. The molecule has 6 nitrogen and oxygen atoms in total. The van der Waals surface area contributed by atoms with Crippen LogP contribution in [-0.4, -0.2) is 56.3 Å². The van der Waals surface area contributed by atoms with Gasteiger partial charge in [-0.1, -0.05) is 35.3 Å². The molecule has 10 heteroatoms. The standard InChI is InChI=1S/C16H17Cl2N3O3S2/c17-12-3-1-4-13(18)16(12)19-14(22)11-20-6-8-21(9-7-20)26(23,24)15-5-2-10-25-15/h1-5,10H,6-9,11H2,(H,19,22). The number of nitrogens with zero attached hydrogens (tertiary/aromatic N) is 2. The maximum atomic E-state index is 12.5. The summed E-state index contributed by atoms with van der Waals surface area (Å²) in [5.74, 6) is -0.241. The van der Waals surface area contributed by atoms with E-state index in [2.05, 4.69) is 5.32 Å². The van der Waals surface area contributed by atoms with Crippen LogP contribution in [0.3, 0.4) is 0 Å². The van der Waals surface area contributed by atoms with E-state index in [9.17, 15) is 13.2 Å². The fourth-order valence-corrected chi connectivity index (χ4v) is 5.72. The Kier molecular flexibility index (Phi) is 6.21. The third-order valence-electron chi connectivity index (χ3n) is 4.01. The molecule has 1 fully saturated rings. The molecule has 1 amide bonds. The normalized spacial score (nSPS) is 16.5. The number of para-hydroxylation sites is 1. The Morgan fingerprint density at radius 1 is 1.08 bits per heavy atom. The highest BCUT2D eigenvalue weighted by Crippen LogP contribution is 2.29. The van der Waals surface area contributed by atoms with Crippen molar-refractivity contribution in [3.8, 4) is 0 Å². The Bertz CT molecular complexity index is 860. The molecular formula is C16H17Cl2N3O3S2. The van der Waals surface area contributed by atoms with Crippen LogP contribution in [0.1, 0.15) is 0 Å². The second-order valence-corrected chi connectivity index (χ2v) is 9.68. The van der Waals surface area contributed by atoms with Crippen molar-refractivity contribution in [2.75, 3.05) is 38.0 Å². The number of anilines is 1. The average molecular weight is 434 g/mol. The molecule has 0 atom stereocenters. The van der Waals surface area contributed by atoms with Gasteiger partial charge in [-0.2, -0.15) is 4.31 Å². The molecule has 0 radical (unpaired) electrons.